The van der Waals surface area contributed by atoms with Gasteiger partial charge < -0.3 is 5.11 Å². The summed E-state index contributed by atoms with van der Waals surface area (Å²) >= 11 is 0. The number of amides is 1. The molecular formula is C20H20N2O5. The molecule has 0 bridgehead atoms. The van der Waals surface area contributed by atoms with Crippen molar-refractivity contribution in [3.8, 4) is 0 Å². The predicted octanol–water partition coefficient (Wildman–Crippen LogP) is 4.03. The van der Waals surface area contributed by atoms with Gasteiger partial charge in [-0.25, -0.2) is 4.79 Å². The molecule has 1 amide bonds. The number of hydrogen-bond donors (Lipinski definition) is 1. The van der Waals surface area contributed by atoms with Gasteiger partial charge in [-0.05, 0) is 37.1 Å². The monoisotopic (exact) mass is 368 g/mol. The molecule has 0 heterocycles. The van der Waals surface area contributed by atoms with Crippen LogP contribution in [-0.2, 0) is 4.79 Å². The zero-order valence-electron chi connectivity index (χ0n) is 14.7. The van der Waals surface area contributed by atoms with Gasteiger partial charge in [0.25, 0.3) is 11.6 Å². The lowest BCUT2D eigenvalue weighted by Gasteiger charge is -2.43. The molecule has 2 aromatic carbocycles. The fraction of sp³-hybridized carbons (Fsp3) is 0.300. The Morgan fingerprint density at radius 2 is 1.56 bits per heavy atom. The zero-order valence-corrected chi connectivity index (χ0v) is 14.7. The number of nitro groups is 1. The lowest BCUT2D eigenvalue weighted by molar-refractivity contribution is -0.384. The molecule has 140 valence electrons. The summed E-state index contributed by atoms with van der Waals surface area (Å²) in [4.78, 5) is 37.3. The standard InChI is InChI=1S/C20H20N2O5/c23-18(15-9-11-17(12-10-15)22(26)27)21(16-7-3-1-4-8-16)20(19(24)25)13-5-2-6-14-20/h1,3-4,7-12H,2,5-6,13-14H2,(H,24,25). The Balaban J connectivity index is 2.08. The molecule has 3 rings (SSSR count). The number of carboxylic acids is 1. The number of nitrogens with zero attached hydrogens (tertiary/aromatic N) is 2. The second-order valence-electron chi connectivity index (χ2n) is 6.68. The SMILES string of the molecule is O=C(c1ccc([N+](=O)[O-])cc1)N(c1ccccc1)C1(C(=O)O)CCCCC1. The Hall–Kier alpha value is -3.22. The maximum absolute atomic E-state index is 13.3. The van der Waals surface area contributed by atoms with Crippen molar-refractivity contribution in [1.82, 2.24) is 0 Å². The number of nitro benzene ring substituents is 1. The van der Waals surface area contributed by atoms with Crippen LogP contribution in [0.1, 0.15) is 42.5 Å². The van der Waals surface area contributed by atoms with E-state index < -0.39 is 22.3 Å². The normalized spacial score (nSPS) is 15.7. The fourth-order valence-electron chi connectivity index (χ4n) is 3.66. The predicted molar refractivity (Wildman–Crippen MR) is 99.8 cm³/mol. The molecule has 27 heavy (non-hydrogen) atoms. The molecule has 0 unspecified atom stereocenters. The molecule has 0 radical (unpaired) electrons. The average molecular weight is 368 g/mol. The van der Waals surface area contributed by atoms with Crippen LogP contribution in [0, 0.1) is 10.1 Å². The summed E-state index contributed by atoms with van der Waals surface area (Å²) in [6.07, 6.45) is 3.13. The van der Waals surface area contributed by atoms with Crippen LogP contribution in [0.3, 0.4) is 0 Å². The van der Waals surface area contributed by atoms with E-state index in [1.165, 1.54) is 29.2 Å². The van der Waals surface area contributed by atoms with Crippen molar-refractivity contribution >= 4 is 23.3 Å². The minimum Gasteiger partial charge on any atom is -0.479 e. The van der Waals surface area contributed by atoms with Crippen molar-refractivity contribution in [1.29, 1.82) is 0 Å². The number of aliphatic carboxylic acids is 1. The first-order chi connectivity index (χ1) is 13.0. The topological polar surface area (TPSA) is 101 Å². The van der Waals surface area contributed by atoms with Crippen LogP contribution in [0.5, 0.6) is 0 Å². The second kappa shape index (κ2) is 7.57. The van der Waals surface area contributed by atoms with Gasteiger partial charge >= 0.3 is 5.97 Å². The summed E-state index contributed by atoms with van der Waals surface area (Å²) in [7, 11) is 0. The van der Waals surface area contributed by atoms with Crippen LogP contribution < -0.4 is 4.90 Å². The molecule has 0 atom stereocenters. The summed E-state index contributed by atoms with van der Waals surface area (Å²) in [5.41, 5.74) is -0.720. The summed E-state index contributed by atoms with van der Waals surface area (Å²) in [6, 6.07) is 14.0. The molecule has 1 aliphatic carbocycles. The van der Waals surface area contributed by atoms with Gasteiger partial charge in [-0.3, -0.25) is 19.8 Å². The molecule has 0 saturated heterocycles. The Kier molecular flexibility index (Phi) is 5.21. The summed E-state index contributed by atoms with van der Waals surface area (Å²) < 4.78 is 0. The van der Waals surface area contributed by atoms with Crippen molar-refractivity contribution in [2.75, 3.05) is 4.90 Å². The molecule has 1 aliphatic rings. The van der Waals surface area contributed by atoms with Crippen molar-refractivity contribution in [2.24, 2.45) is 0 Å². The van der Waals surface area contributed by atoms with Gasteiger partial charge in [-0.15, -0.1) is 0 Å². The third-order valence-electron chi connectivity index (χ3n) is 5.05. The highest BCUT2D eigenvalue weighted by atomic mass is 16.6. The minimum absolute atomic E-state index is 0.122. The zero-order chi connectivity index (χ0) is 19.4. The Labute approximate surface area is 156 Å². The van der Waals surface area contributed by atoms with Crippen molar-refractivity contribution in [3.63, 3.8) is 0 Å². The molecule has 2 aromatic rings. The van der Waals surface area contributed by atoms with E-state index in [1.54, 1.807) is 30.3 Å². The fourth-order valence-corrected chi connectivity index (χ4v) is 3.66. The largest absolute Gasteiger partial charge is 0.479 e. The molecule has 1 saturated carbocycles. The Morgan fingerprint density at radius 1 is 0.963 bits per heavy atom. The van der Waals surface area contributed by atoms with E-state index in [9.17, 15) is 24.8 Å². The van der Waals surface area contributed by atoms with Crippen LogP contribution in [0.4, 0.5) is 11.4 Å². The first-order valence-corrected chi connectivity index (χ1v) is 8.83. The van der Waals surface area contributed by atoms with Crippen molar-refractivity contribution < 1.29 is 19.6 Å². The third-order valence-corrected chi connectivity index (χ3v) is 5.05. The van der Waals surface area contributed by atoms with E-state index >= 15 is 0 Å². The Morgan fingerprint density at radius 3 is 2.07 bits per heavy atom. The number of carboxylic acid groups (broad SMARTS) is 1. The van der Waals surface area contributed by atoms with Crippen molar-refractivity contribution in [3.05, 3.63) is 70.3 Å². The van der Waals surface area contributed by atoms with E-state index in [4.69, 9.17) is 0 Å². The number of carbonyl (C=O) groups is 2. The first-order valence-electron chi connectivity index (χ1n) is 8.83. The quantitative estimate of drug-likeness (QED) is 0.634. The molecule has 1 N–H and O–H groups in total. The minimum atomic E-state index is -1.32. The number of rotatable bonds is 5. The number of carbonyl (C=O) groups excluding carboxylic acids is 1. The molecule has 0 aromatic heterocycles. The highest BCUT2D eigenvalue weighted by Gasteiger charge is 2.48. The third kappa shape index (κ3) is 3.53. The van der Waals surface area contributed by atoms with Gasteiger partial charge in [0.15, 0.2) is 0 Å². The highest BCUT2D eigenvalue weighted by molar-refractivity contribution is 6.10. The maximum Gasteiger partial charge on any atom is 0.330 e. The first kappa shape index (κ1) is 18.6. The van der Waals surface area contributed by atoms with E-state index in [0.717, 1.165) is 19.3 Å². The van der Waals surface area contributed by atoms with E-state index in [2.05, 4.69) is 0 Å². The maximum atomic E-state index is 13.3. The highest BCUT2D eigenvalue weighted by Crippen LogP contribution is 2.38. The van der Waals surface area contributed by atoms with Gasteiger partial charge in [0, 0.05) is 23.4 Å². The van der Waals surface area contributed by atoms with Crippen LogP contribution in [0.15, 0.2) is 54.6 Å². The van der Waals surface area contributed by atoms with Crippen molar-refractivity contribution in [2.45, 2.75) is 37.6 Å². The molecular weight excluding hydrogens is 348 g/mol. The number of benzene rings is 2. The Bertz CT molecular complexity index is 842. The van der Waals surface area contributed by atoms with Crippen LogP contribution in [0.25, 0.3) is 0 Å². The number of non-ortho nitro benzene ring substituents is 1. The molecule has 7 heteroatoms. The number of anilines is 1. The van der Waals surface area contributed by atoms with Gasteiger partial charge in [-0.1, -0.05) is 37.5 Å². The second-order valence-corrected chi connectivity index (χ2v) is 6.68. The smallest absolute Gasteiger partial charge is 0.330 e. The van der Waals surface area contributed by atoms with E-state index in [1.807, 2.05) is 0 Å². The van der Waals surface area contributed by atoms with Gasteiger partial charge in [0.05, 0.1) is 4.92 Å². The van der Waals surface area contributed by atoms with E-state index in [0.29, 0.717) is 18.5 Å². The number of hydrogen-bond acceptors (Lipinski definition) is 4. The van der Waals surface area contributed by atoms with Crippen LogP contribution >= 0.6 is 0 Å². The summed E-state index contributed by atoms with van der Waals surface area (Å²) in [5.74, 6) is -1.50. The van der Waals surface area contributed by atoms with E-state index in [-0.39, 0.29) is 11.3 Å². The van der Waals surface area contributed by atoms with Gasteiger partial charge in [-0.2, -0.15) is 0 Å². The lowest BCUT2D eigenvalue weighted by Crippen LogP contribution is -2.58. The molecule has 0 spiro atoms. The van der Waals surface area contributed by atoms with Crippen LogP contribution in [-0.4, -0.2) is 27.4 Å². The van der Waals surface area contributed by atoms with Gasteiger partial charge in [0.1, 0.15) is 5.54 Å². The lowest BCUT2D eigenvalue weighted by atomic mass is 9.79. The summed E-state index contributed by atoms with van der Waals surface area (Å²) in [5, 5.41) is 20.9. The molecule has 7 nitrogen and oxygen atoms in total. The van der Waals surface area contributed by atoms with Crippen LogP contribution in [0.2, 0.25) is 0 Å². The average Bonchev–Trinajstić information content (AvgIpc) is 2.69. The summed E-state index contributed by atoms with van der Waals surface area (Å²) in [6.45, 7) is 0. The molecule has 1 fully saturated rings. The molecule has 0 aliphatic heterocycles. The van der Waals surface area contributed by atoms with Gasteiger partial charge in [0.2, 0.25) is 0 Å². The number of para-hydroxylation sites is 1.